The van der Waals surface area contributed by atoms with Crippen molar-refractivity contribution in [3.8, 4) is 5.75 Å². The van der Waals surface area contributed by atoms with Crippen LogP contribution in [0, 0.1) is 0 Å². The number of carbonyl (C=O) groups excluding carboxylic acids is 3. The summed E-state index contributed by atoms with van der Waals surface area (Å²) in [7, 11) is 3.21. The molecule has 3 rings (SSSR count). The van der Waals surface area contributed by atoms with Gasteiger partial charge in [-0.15, -0.1) is 11.3 Å². The van der Waals surface area contributed by atoms with E-state index in [0.717, 1.165) is 48.1 Å². The molecule has 1 unspecified atom stereocenters. The Balaban J connectivity index is 1.77. The molecule has 9 heteroatoms. The number of amides is 3. The second-order valence-corrected chi connectivity index (χ2v) is 9.40. The van der Waals surface area contributed by atoms with E-state index in [4.69, 9.17) is 9.47 Å². The fourth-order valence-electron chi connectivity index (χ4n) is 4.10. The van der Waals surface area contributed by atoms with Crippen LogP contribution in [0.2, 0.25) is 0 Å². The van der Waals surface area contributed by atoms with Crippen molar-refractivity contribution in [2.45, 2.75) is 51.5 Å². The van der Waals surface area contributed by atoms with Gasteiger partial charge in [-0.25, -0.2) is 0 Å². The Morgan fingerprint density at radius 1 is 1.09 bits per heavy atom. The summed E-state index contributed by atoms with van der Waals surface area (Å²) >= 11 is 1.48. The summed E-state index contributed by atoms with van der Waals surface area (Å²) in [5.41, 5.74) is 2.42. The SMILES string of the molecule is COCCCNC(=O)c1c(NC(=O)CC(NC(C)=O)c2ccc(OC)cc2)sc2c1CCCC2. The molecule has 1 aromatic heterocycles. The van der Waals surface area contributed by atoms with E-state index in [2.05, 4.69) is 16.0 Å². The number of benzene rings is 1. The van der Waals surface area contributed by atoms with Crippen molar-refractivity contribution in [2.24, 2.45) is 0 Å². The van der Waals surface area contributed by atoms with Gasteiger partial charge in [0.05, 0.1) is 25.1 Å². The summed E-state index contributed by atoms with van der Waals surface area (Å²) in [6.45, 7) is 2.50. The van der Waals surface area contributed by atoms with E-state index in [9.17, 15) is 14.4 Å². The van der Waals surface area contributed by atoms with Gasteiger partial charge >= 0.3 is 0 Å². The average molecular weight is 488 g/mol. The van der Waals surface area contributed by atoms with Crippen molar-refractivity contribution in [1.82, 2.24) is 10.6 Å². The number of carbonyl (C=O) groups is 3. The summed E-state index contributed by atoms with van der Waals surface area (Å²) in [6.07, 6.45) is 4.63. The minimum atomic E-state index is -0.496. The molecular formula is C25H33N3O5S. The largest absolute Gasteiger partial charge is 0.497 e. The Morgan fingerprint density at radius 2 is 1.82 bits per heavy atom. The van der Waals surface area contributed by atoms with Gasteiger partial charge in [-0.3, -0.25) is 14.4 Å². The Morgan fingerprint density at radius 3 is 2.50 bits per heavy atom. The van der Waals surface area contributed by atoms with Gasteiger partial charge in [0, 0.05) is 32.1 Å². The zero-order chi connectivity index (χ0) is 24.5. The van der Waals surface area contributed by atoms with Crippen LogP contribution in [-0.4, -0.2) is 45.1 Å². The monoisotopic (exact) mass is 487 g/mol. The molecule has 0 spiro atoms. The topological polar surface area (TPSA) is 106 Å². The van der Waals surface area contributed by atoms with Gasteiger partial charge in [-0.2, -0.15) is 0 Å². The summed E-state index contributed by atoms with van der Waals surface area (Å²) in [6, 6.07) is 6.75. The first-order valence-corrected chi connectivity index (χ1v) is 12.4. The van der Waals surface area contributed by atoms with Crippen molar-refractivity contribution in [2.75, 3.05) is 32.7 Å². The van der Waals surface area contributed by atoms with Crippen LogP contribution in [-0.2, 0) is 27.2 Å². The maximum Gasteiger partial charge on any atom is 0.254 e. The molecule has 184 valence electrons. The van der Waals surface area contributed by atoms with Crippen LogP contribution in [0.15, 0.2) is 24.3 Å². The Hall–Kier alpha value is -2.91. The lowest BCUT2D eigenvalue weighted by Crippen LogP contribution is -2.30. The van der Waals surface area contributed by atoms with Crippen LogP contribution in [0.1, 0.15) is 65.0 Å². The number of aryl methyl sites for hydroxylation is 1. The molecule has 1 atom stereocenters. The number of thiophene rings is 1. The van der Waals surface area contributed by atoms with Gasteiger partial charge in [0.25, 0.3) is 5.91 Å². The molecule has 3 N–H and O–H groups in total. The van der Waals surface area contributed by atoms with Gasteiger partial charge < -0.3 is 25.4 Å². The van der Waals surface area contributed by atoms with Crippen molar-refractivity contribution >= 4 is 34.1 Å². The van der Waals surface area contributed by atoms with Gasteiger partial charge in [-0.1, -0.05) is 12.1 Å². The van der Waals surface area contributed by atoms with E-state index in [0.29, 0.717) is 29.5 Å². The first-order chi connectivity index (χ1) is 16.4. The molecule has 1 aliphatic rings. The molecule has 0 fully saturated rings. The maximum atomic E-state index is 13.1. The number of fused-ring (bicyclic) bond motifs is 1. The second-order valence-electron chi connectivity index (χ2n) is 8.30. The van der Waals surface area contributed by atoms with Gasteiger partial charge in [0.1, 0.15) is 10.8 Å². The number of hydrogen-bond acceptors (Lipinski definition) is 6. The number of rotatable bonds is 11. The minimum Gasteiger partial charge on any atom is -0.497 e. The van der Waals surface area contributed by atoms with Gasteiger partial charge in [-0.05, 0) is 55.4 Å². The lowest BCUT2D eigenvalue weighted by molar-refractivity contribution is -0.120. The number of methoxy groups -OCH3 is 2. The molecular weight excluding hydrogens is 454 g/mol. The first kappa shape index (κ1) is 25.7. The molecule has 0 saturated heterocycles. The Labute approximate surface area is 204 Å². The zero-order valence-electron chi connectivity index (χ0n) is 20.0. The van der Waals surface area contributed by atoms with Gasteiger partial charge in [0.2, 0.25) is 11.8 Å². The molecule has 1 aromatic carbocycles. The number of nitrogens with one attached hydrogen (secondary N) is 3. The first-order valence-electron chi connectivity index (χ1n) is 11.6. The maximum absolute atomic E-state index is 13.1. The van der Waals surface area contributed by atoms with Crippen LogP contribution in [0.4, 0.5) is 5.00 Å². The number of anilines is 1. The van der Waals surface area contributed by atoms with E-state index in [-0.39, 0.29) is 24.1 Å². The predicted molar refractivity (Wildman–Crippen MR) is 133 cm³/mol. The highest BCUT2D eigenvalue weighted by molar-refractivity contribution is 7.17. The van der Waals surface area contributed by atoms with Crippen LogP contribution >= 0.6 is 11.3 Å². The summed E-state index contributed by atoms with van der Waals surface area (Å²) < 4.78 is 10.2. The Bertz CT molecular complexity index is 1000. The van der Waals surface area contributed by atoms with Crippen molar-refractivity contribution < 1.29 is 23.9 Å². The smallest absolute Gasteiger partial charge is 0.254 e. The van der Waals surface area contributed by atoms with E-state index < -0.39 is 6.04 Å². The third-order valence-corrected chi connectivity index (χ3v) is 6.95. The molecule has 0 saturated carbocycles. The fourth-order valence-corrected chi connectivity index (χ4v) is 5.40. The normalized spacial score (nSPS) is 13.5. The summed E-state index contributed by atoms with van der Waals surface area (Å²) in [5.74, 6) is 0.0393. The quantitative estimate of drug-likeness (QED) is 0.420. The highest BCUT2D eigenvalue weighted by Gasteiger charge is 2.27. The minimum absolute atomic E-state index is 0.0450. The molecule has 0 bridgehead atoms. The molecule has 1 heterocycles. The summed E-state index contributed by atoms with van der Waals surface area (Å²) in [5, 5.41) is 9.35. The number of hydrogen-bond donors (Lipinski definition) is 3. The van der Waals surface area contributed by atoms with E-state index in [1.54, 1.807) is 26.4 Å². The van der Waals surface area contributed by atoms with E-state index >= 15 is 0 Å². The van der Waals surface area contributed by atoms with Crippen molar-refractivity contribution in [1.29, 1.82) is 0 Å². The predicted octanol–water partition coefficient (Wildman–Crippen LogP) is 3.61. The Kier molecular flexibility index (Phi) is 9.47. The molecule has 34 heavy (non-hydrogen) atoms. The molecule has 2 aromatic rings. The average Bonchev–Trinajstić information content (AvgIpc) is 3.18. The van der Waals surface area contributed by atoms with Crippen molar-refractivity contribution in [3.05, 3.63) is 45.8 Å². The molecule has 3 amide bonds. The summed E-state index contributed by atoms with van der Waals surface area (Å²) in [4.78, 5) is 39.0. The van der Waals surface area contributed by atoms with Crippen LogP contribution in [0.5, 0.6) is 5.75 Å². The van der Waals surface area contributed by atoms with Crippen LogP contribution in [0.3, 0.4) is 0 Å². The van der Waals surface area contributed by atoms with E-state index in [1.165, 1.54) is 18.3 Å². The second kappa shape index (κ2) is 12.5. The highest BCUT2D eigenvalue weighted by atomic mass is 32.1. The molecule has 0 aliphatic heterocycles. The van der Waals surface area contributed by atoms with Crippen LogP contribution in [0.25, 0.3) is 0 Å². The zero-order valence-corrected chi connectivity index (χ0v) is 20.8. The lowest BCUT2D eigenvalue weighted by Gasteiger charge is -2.18. The molecule has 1 aliphatic carbocycles. The van der Waals surface area contributed by atoms with Crippen molar-refractivity contribution in [3.63, 3.8) is 0 Å². The third kappa shape index (κ3) is 6.80. The van der Waals surface area contributed by atoms with E-state index in [1.807, 2.05) is 12.1 Å². The standard InChI is InChI=1S/C25H33N3O5S/c1-16(29)27-20(17-9-11-18(33-3)12-10-17)15-22(30)28-25-23(24(31)26-13-6-14-32-2)19-7-4-5-8-21(19)34-25/h9-12,20H,4-8,13-15H2,1-3H3,(H,26,31)(H,27,29)(H,28,30). The highest BCUT2D eigenvalue weighted by Crippen LogP contribution is 2.38. The fraction of sp³-hybridized carbons (Fsp3) is 0.480. The number of ether oxygens (including phenoxy) is 2. The van der Waals surface area contributed by atoms with Crippen LogP contribution < -0.4 is 20.7 Å². The molecule has 0 radical (unpaired) electrons. The lowest BCUT2D eigenvalue weighted by atomic mass is 9.95. The molecule has 8 nitrogen and oxygen atoms in total. The third-order valence-electron chi connectivity index (χ3n) is 5.75. The van der Waals surface area contributed by atoms with Gasteiger partial charge in [0.15, 0.2) is 0 Å².